The van der Waals surface area contributed by atoms with E-state index in [4.69, 9.17) is 5.53 Å². The highest BCUT2D eigenvalue weighted by Gasteiger charge is 2.27. The molecule has 0 aliphatic carbocycles. The van der Waals surface area contributed by atoms with Crippen LogP contribution in [0.1, 0.15) is 36.8 Å². The van der Waals surface area contributed by atoms with Crippen molar-refractivity contribution in [3.05, 3.63) is 77.3 Å². The normalized spacial score (nSPS) is 10.1. The van der Waals surface area contributed by atoms with Crippen molar-refractivity contribution in [2.75, 3.05) is 0 Å². The quantitative estimate of drug-likeness (QED) is 0.287. The van der Waals surface area contributed by atoms with Gasteiger partial charge < -0.3 is 5.53 Å². The number of carbonyl (C=O) groups excluding carboxylic acids is 2. The molecule has 0 radical (unpaired) electrons. The van der Waals surface area contributed by atoms with E-state index >= 15 is 0 Å². The van der Waals surface area contributed by atoms with Crippen LogP contribution in [-0.4, -0.2) is 22.1 Å². The number of hydrogen-bond donors (Lipinski definition) is 0. The Morgan fingerprint density at radius 3 is 1.48 bits per heavy atom. The number of hydrogen-bond acceptors (Lipinski definition) is 2. The first-order valence-electron chi connectivity index (χ1n) is 8.57. The van der Waals surface area contributed by atoms with Crippen molar-refractivity contribution in [2.24, 2.45) is 0 Å². The van der Waals surface area contributed by atoms with Crippen molar-refractivity contribution in [1.29, 1.82) is 0 Å². The van der Waals surface area contributed by atoms with Gasteiger partial charge in [-0.2, -0.15) is 4.79 Å². The smallest absolute Gasteiger partial charge is 0.360 e. The van der Waals surface area contributed by atoms with Crippen LogP contribution in [0.3, 0.4) is 0 Å². The third-order valence-corrected chi connectivity index (χ3v) is 4.05. The molecule has 0 aliphatic rings. The maximum atomic E-state index is 12.1. The van der Waals surface area contributed by atoms with Crippen molar-refractivity contribution in [1.82, 2.24) is 0 Å². The first kappa shape index (κ1) is 18.5. The summed E-state index contributed by atoms with van der Waals surface area (Å²) in [6.07, 6.45) is 3.18. The lowest BCUT2D eigenvalue weighted by molar-refractivity contribution is -0.124. The van der Waals surface area contributed by atoms with Gasteiger partial charge in [0.15, 0.2) is 0 Å². The predicted molar refractivity (Wildman–Crippen MR) is 97.4 cm³/mol. The zero-order valence-electron chi connectivity index (χ0n) is 14.2. The van der Waals surface area contributed by atoms with Gasteiger partial charge in [-0.1, -0.05) is 60.7 Å². The van der Waals surface area contributed by atoms with E-state index in [-0.39, 0.29) is 30.1 Å². The summed E-state index contributed by atoms with van der Waals surface area (Å²) in [5.41, 5.74) is 11.0. The van der Waals surface area contributed by atoms with E-state index in [1.165, 1.54) is 0 Å². The largest absolute Gasteiger partial charge is 0.400 e. The molecule has 25 heavy (non-hydrogen) atoms. The summed E-state index contributed by atoms with van der Waals surface area (Å²) in [7, 11) is 0. The van der Waals surface area contributed by atoms with Gasteiger partial charge in [-0.15, -0.1) is 0 Å². The molecule has 0 fully saturated rings. The van der Waals surface area contributed by atoms with Crippen molar-refractivity contribution in [3.8, 4) is 0 Å². The fourth-order valence-corrected chi connectivity index (χ4v) is 2.70. The minimum atomic E-state index is -0.386. The fourth-order valence-electron chi connectivity index (χ4n) is 2.70. The molecule has 0 amide bonds. The average Bonchev–Trinajstić information content (AvgIpc) is 2.64. The van der Waals surface area contributed by atoms with Crippen LogP contribution in [0.5, 0.6) is 0 Å². The maximum absolute atomic E-state index is 12.1. The second-order valence-electron chi connectivity index (χ2n) is 5.97. The molecule has 0 aliphatic heterocycles. The SMILES string of the molecule is [N-]=[N+]=C(C(=O)CCCc1ccccc1)C(=O)CCCc1ccccc1. The Morgan fingerprint density at radius 2 is 1.12 bits per heavy atom. The molecule has 0 atom stereocenters. The van der Waals surface area contributed by atoms with Gasteiger partial charge in [-0.05, 0) is 36.8 Å². The number of carbonyl (C=O) groups is 2. The summed E-state index contributed by atoms with van der Waals surface area (Å²) in [4.78, 5) is 27.2. The number of Topliss-reactive ketones (excluding diaryl/α,β-unsaturated/α-hetero) is 2. The Labute approximate surface area is 148 Å². The molecule has 128 valence electrons. The Morgan fingerprint density at radius 1 is 0.720 bits per heavy atom. The van der Waals surface area contributed by atoms with Gasteiger partial charge in [0.2, 0.25) is 11.6 Å². The lowest BCUT2D eigenvalue weighted by atomic mass is 9.99. The molecule has 0 spiro atoms. The Hall–Kier alpha value is -2.84. The number of nitrogens with zero attached hydrogens (tertiary/aromatic N) is 2. The molecule has 4 heteroatoms. The molecule has 2 aromatic carbocycles. The Balaban J connectivity index is 1.76. The van der Waals surface area contributed by atoms with Gasteiger partial charge in [-0.3, -0.25) is 9.59 Å². The van der Waals surface area contributed by atoms with Crippen LogP contribution < -0.4 is 0 Å². The Kier molecular flexibility index (Phi) is 7.48. The third kappa shape index (κ3) is 6.28. The van der Waals surface area contributed by atoms with Gasteiger partial charge in [0.1, 0.15) is 0 Å². The molecule has 0 heterocycles. The lowest BCUT2D eigenvalue weighted by Gasteiger charge is -2.01. The maximum Gasteiger partial charge on any atom is 0.400 e. The standard InChI is InChI=1S/C21H22N2O2/c22-23-21(19(24)15-7-13-17-9-3-1-4-10-17)20(25)16-8-14-18-11-5-2-6-12-18/h1-6,9-12H,7-8,13-16H2. The first-order valence-corrected chi connectivity index (χ1v) is 8.57. The topological polar surface area (TPSA) is 70.5 Å². The van der Waals surface area contributed by atoms with E-state index in [0.29, 0.717) is 12.8 Å². The molecule has 2 aromatic rings. The average molecular weight is 334 g/mol. The van der Waals surface area contributed by atoms with Crippen LogP contribution >= 0.6 is 0 Å². The van der Waals surface area contributed by atoms with Crippen molar-refractivity contribution < 1.29 is 14.4 Å². The Bertz CT molecular complexity index is 688. The fraction of sp³-hybridized carbons (Fsp3) is 0.286. The minimum Gasteiger partial charge on any atom is -0.360 e. The number of aryl methyl sites for hydroxylation is 2. The highest BCUT2D eigenvalue weighted by Crippen LogP contribution is 2.08. The molecule has 0 saturated heterocycles. The first-order chi connectivity index (χ1) is 12.2. The summed E-state index contributed by atoms with van der Waals surface area (Å²) in [5, 5.41) is 0. The highest BCUT2D eigenvalue weighted by atomic mass is 16.1. The molecule has 0 bridgehead atoms. The van der Waals surface area contributed by atoms with E-state index in [0.717, 1.165) is 24.0 Å². The van der Waals surface area contributed by atoms with Gasteiger partial charge in [-0.25, -0.2) is 0 Å². The van der Waals surface area contributed by atoms with E-state index in [9.17, 15) is 9.59 Å². The molecule has 0 unspecified atom stereocenters. The summed E-state index contributed by atoms with van der Waals surface area (Å²) < 4.78 is 0. The molecular formula is C21H22N2O2. The third-order valence-electron chi connectivity index (χ3n) is 4.05. The molecule has 0 aromatic heterocycles. The zero-order valence-corrected chi connectivity index (χ0v) is 14.2. The van der Waals surface area contributed by atoms with Gasteiger partial charge in [0.25, 0.3) is 0 Å². The molecule has 0 saturated carbocycles. The van der Waals surface area contributed by atoms with Crippen molar-refractivity contribution >= 4 is 17.3 Å². The second-order valence-corrected chi connectivity index (χ2v) is 5.97. The van der Waals surface area contributed by atoms with Crippen molar-refractivity contribution in [3.63, 3.8) is 0 Å². The van der Waals surface area contributed by atoms with E-state index in [2.05, 4.69) is 4.79 Å². The summed E-state index contributed by atoms with van der Waals surface area (Å²) in [6, 6.07) is 19.7. The zero-order chi connectivity index (χ0) is 17.9. The van der Waals surface area contributed by atoms with Crippen LogP contribution in [0.4, 0.5) is 0 Å². The van der Waals surface area contributed by atoms with Gasteiger partial charge >= 0.3 is 5.71 Å². The van der Waals surface area contributed by atoms with Crippen LogP contribution in [0.15, 0.2) is 60.7 Å². The minimum absolute atomic E-state index is 0.207. The van der Waals surface area contributed by atoms with Gasteiger partial charge in [0.05, 0.1) is 0 Å². The lowest BCUT2D eigenvalue weighted by Crippen LogP contribution is -2.25. The monoisotopic (exact) mass is 334 g/mol. The van der Waals surface area contributed by atoms with Crippen LogP contribution in [0, 0.1) is 0 Å². The summed E-state index contributed by atoms with van der Waals surface area (Å²) in [5.74, 6) is -0.772. The highest BCUT2D eigenvalue weighted by molar-refractivity contribution is 6.64. The van der Waals surface area contributed by atoms with Crippen LogP contribution in [-0.2, 0) is 22.4 Å². The van der Waals surface area contributed by atoms with Gasteiger partial charge in [0, 0.05) is 12.8 Å². The van der Waals surface area contributed by atoms with Crippen molar-refractivity contribution in [2.45, 2.75) is 38.5 Å². The predicted octanol–water partition coefficient (Wildman–Crippen LogP) is 3.84. The van der Waals surface area contributed by atoms with E-state index < -0.39 is 0 Å². The molecule has 4 nitrogen and oxygen atoms in total. The molecule has 2 rings (SSSR count). The van der Waals surface area contributed by atoms with Crippen LogP contribution in [0.25, 0.3) is 5.53 Å². The number of ketones is 2. The van der Waals surface area contributed by atoms with E-state index in [1.54, 1.807) is 0 Å². The number of rotatable bonds is 10. The van der Waals surface area contributed by atoms with E-state index in [1.807, 2.05) is 60.7 Å². The second kappa shape index (κ2) is 10.1. The molecule has 0 N–H and O–H groups in total. The summed E-state index contributed by atoms with van der Waals surface area (Å²) in [6.45, 7) is 0. The summed E-state index contributed by atoms with van der Waals surface area (Å²) >= 11 is 0. The molecular weight excluding hydrogens is 312 g/mol. The van der Waals surface area contributed by atoms with Crippen LogP contribution in [0.2, 0.25) is 0 Å². The number of benzene rings is 2.